The van der Waals surface area contributed by atoms with E-state index in [1.807, 2.05) is 49.4 Å². The average molecular weight is 577 g/mol. The van der Waals surface area contributed by atoms with Crippen molar-refractivity contribution in [1.82, 2.24) is 4.57 Å². The summed E-state index contributed by atoms with van der Waals surface area (Å²) in [7, 11) is 3.14. The van der Waals surface area contributed by atoms with Gasteiger partial charge in [-0.3, -0.25) is 9.36 Å². The number of fused-ring (bicyclic) bond motifs is 2. The Kier molecular flexibility index (Phi) is 8.09. The molecular formula is C31H29ClN2O5S. The summed E-state index contributed by atoms with van der Waals surface area (Å²) < 4.78 is 18.7. The van der Waals surface area contributed by atoms with Gasteiger partial charge in [-0.2, -0.15) is 0 Å². The van der Waals surface area contributed by atoms with Crippen molar-refractivity contribution in [3.8, 4) is 11.5 Å². The Morgan fingerprint density at radius 3 is 2.52 bits per heavy atom. The molecule has 1 aromatic heterocycles. The van der Waals surface area contributed by atoms with Crippen LogP contribution >= 0.6 is 22.9 Å². The standard InChI is InChI=1S/C31H29ClN2O5S/c1-5-9-22-27(30(36)39-6-2)28(26-20-11-8-7-10-19(20)13-15-24(26)38-4)34-29(35)25(40-31(34)33-22)17-18-12-14-23(37-3)21(32)16-18/h7-8,10-17,28H,5-6,9H2,1-4H3/b25-17+/t28-/m0/s1. The van der Waals surface area contributed by atoms with E-state index in [0.29, 0.717) is 49.1 Å². The van der Waals surface area contributed by atoms with Crippen LogP contribution in [0.4, 0.5) is 0 Å². The Labute approximate surface area is 240 Å². The lowest BCUT2D eigenvalue weighted by Gasteiger charge is -2.28. The third-order valence-electron chi connectivity index (χ3n) is 6.79. The normalized spacial score (nSPS) is 15.1. The van der Waals surface area contributed by atoms with Crippen LogP contribution in [0.5, 0.6) is 11.5 Å². The van der Waals surface area contributed by atoms with Gasteiger partial charge in [-0.05, 0) is 54.0 Å². The summed E-state index contributed by atoms with van der Waals surface area (Å²) in [6.07, 6.45) is 3.09. The first-order valence-corrected chi connectivity index (χ1v) is 14.2. The summed E-state index contributed by atoms with van der Waals surface area (Å²) in [6.45, 7) is 3.99. The molecule has 1 atom stereocenters. The lowest BCUT2D eigenvalue weighted by atomic mass is 9.90. The number of carbonyl (C=O) groups is 1. The molecule has 5 rings (SSSR count). The van der Waals surface area contributed by atoms with Crippen LogP contribution in [0.2, 0.25) is 5.02 Å². The number of carbonyl (C=O) groups excluding carboxylic acids is 1. The van der Waals surface area contributed by atoms with Crippen LogP contribution in [0, 0.1) is 0 Å². The summed E-state index contributed by atoms with van der Waals surface area (Å²) in [6, 6.07) is 16.2. The monoisotopic (exact) mass is 576 g/mol. The molecule has 9 heteroatoms. The van der Waals surface area contributed by atoms with E-state index in [1.54, 1.807) is 43.9 Å². The fourth-order valence-electron chi connectivity index (χ4n) is 5.05. The highest BCUT2D eigenvalue weighted by molar-refractivity contribution is 7.07. The summed E-state index contributed by atoms with van der Waals surface area (Å²) in [5.41, 5.74) is 2.15. The SMILES string of the molecule is CCCC1=C(C(=O)OCC)[C@H](c2c(OC)ccc3ccccc23)n2c(s/c(=C/c3ccc(OC)c(Cl)c3)c2=O)=N1. The molecule has 1 aliphatic rings. The highest BCUT2D eigenvalue weighted by Gasteiger charge is 2.37. The first-order valence-electron chi connectivity index (χ1n) is 13.0. The molecule has 1 aliphatic heterocycles. The first kappa shape index (κ1) is 27.7. The van der Waals surface area contributed by atoms with Crippen LogP contribution < -0.4 is 24.4 Å². The molecular weight excluding hydrogens is 548 g/mol. The van der Waals surface area contributed by atoms with Crippen molar-refractivity contribution >= 4 is 45.8 Å². The number of allylic oxidation sites excluding steroid dienone is 1. The summed E-state index contributed by atoms with van der Waals surface area (Å²) in [4.78, 5) is 33.1. The fourth-order valence-corrected chi connectivity index (χ4v) is 6.34. The number of aromatic nitrogens is 1. The Hall–Kier alpha value is -3.88. The van der Waals surface area contributed by atoms with Crippen LogP contribution in [0.3, 0.4) is 0 Å². The largest absolute Gasteiger partial charge is 0.496 e. The smallest absolute Gasteiger partial charge is 0.338 e. The van der Waals surface area contributed by atoms with Gasteiger partial charge in [-0.1, -0.05) is 72.7 Å². The van der Waals surface area contributed by atoms with Gasteiger partial charge in [-0.15, -0.1) is 0 Å². The minimum Gasteiger partial charge on any atom is -0.496 e. The van der Waals surface area contributed by atoms with Crippen molar-refractivity contribution in [3.63, 3.8) is 0 Å². The molecule has 0 spiro atoms. The molecule has 0 saturated heterocycles. The van der Waals surface area contributed by atoms with E-state index in [0.717, 1.165) is 22.8 Å². The summed E-state index contributed by atoms with van der Waals surface area (Å²) in [5, 5.41) is 2.28. The second kappa shape index (κ2) is 11.7. The zero-order valence-corrected chi connectivity index (χ0v) is 24.3. The van der Waals surface area contributed by atoms with Crippen molar-refractivity contribution in [2.24, 2.45) is 4.99 Å². The maximum absolute atomic E-state index is 14.1. The molecule has 206 valence electrons. The molecule has 0 radical (unpaired) electrons. The van der Waals surface area contributed by atoms with Gasteiger partial charge in [0.1, 0.15) is 17.5 Å². The maximum Gasteiger partial charge on any atom is 0.338 e. The summed E-state index contributed by atoms with van der Waals surface area (Å²) >= 11 is 7.62. The molecule has 0 bridgehead atoms. The Morgan fingerprint density at radius 1 is 1.07 bits per heavy atom. The highest BCUT2D eigenvalue weighted by Crippen LogP contribution is 2.41. The van der Waals surface area contributed by atoms with Crippen molar-refractivity contribution < 1.29 is 19.0 Å². The van der Waals surface area contributed by atoms with Gasteiger partial charge in [0.05, 0.1) is 41.7 Å². The Balaban J connectivity index is 1.85. The predicted molar refractivity (Wildman–Crippen MR) is 158 cm³/mol. The number of methoxy groups -OCH3 is 2. The number of ether oxygens (including phenoxy) is 3. The molecule has 0 saturated carbocycles. The third-order valence-corrected chi connectivity index (χ3v) is 8.07. The van der Waals surface area contributed by atoms with E-state index in [2.05, 4.69) is 0 Å². The highest BCUT2D eigenvalue weighted by atomic mass is 35.5. The number of thiazole rings is 1. The molecule has 0 amide bonds. The number of halogens is 1. The van der Waals surface area contributed by atoms with E-state index in [1.165, 1.54) is 11.3 Å². The van der Waals surface area contributed by atoms with Crippen molar-refractivity contribution in [2.75, 3.05) is 20.8 Å². The molecule has 2 heterocycles. The quantitative estimate of drug-likeness (QED) is 0.262. The maximum atomic E-state index is 14.1. The molecule has 7 nitrogen and oxygen atoms in total. The van der Waals surface area contributed by atoms with Crippen LogP contribution in [0.15, 0.2) is 75.7 Å². The van der Waals surface area contributed by atoms with Crippen LogP contribution in [0.1, 0.15) is 43.9 Å². The number of hydrogen-bond acceptors (Lipinski definition) is 7. The first-order chi connectivity index (χ1) is 19.4. The van der Waals surface area contributed by atoms with Crippen LogP contribution in [-0.4, -0.2) is 31.4 Å². The van der Waals surface area contributed by atoms with Gasteiger partial charge in [0.25, 0.3) is 5.56 Å². The molecule has 3 aromatic carbocycles. The molecule has 0 fully saturated rings. The van der Waals surface area contributed by atoms with E-state index in [4.69, 9.17) is 30.8 Å². The number of rotatable bonds is 8. The van der Waals surface area contributed by atoms with Gasteiger partial charge in [0.2, 0.25) is 0 Å². The topological polar surface area (TPSA) is 79.1 Å². The molecule has 0 unspecified atom stereocenters. The second-order valence-electron chi connectivity index (χ2n) is 9.21. The minimum atomic E-state index is -0.792. The number of esters is 1. The molecule has 0 N–H and O–H groups in total. The van der Waals surface area contributed by atoms with E-state index < -0.39 is 12.0 Å². The lowest BCUT2D eigenvalue weighted by molar-refractivity contribution is -0.139. The molecule has 40 heavy (non-hydrogen) atoms. The lowest BCUT2D eigenvalue weighted by Crippen LogP contribution is -2.40. The van der Waals surface area contributed by atoms with Gasteiger partial charge < -0.3 is 14.2 Å². The number of hydrogen-bond donors (Lipinski definition) is 0. The van der Waals surface area contributed by atoms with Gasteiger partial charge in [0.15, 0.2) is 4.80 Å². The van der Waals surface area contributed by atoms with Crippen molar-refractivity contribution in [2.45, 2.75) is 32.7 Å². The minimum absolute atomic E-state index is 0.198. The van der Waals surface area contributed by atoms with E-state index in [9.17, 15) is 9.59 Å². The Bertz CT molecular complexity index is 1820. The fraction of sp³-hybridized carbons (Fsp3) is 0.258. The van der Waals surface area contributed by atoms with Crippen molar-refractivity contribution in [3.05, 3.63) is 102 Å². The van der Waals surface area contributed by atoms with Crippen LogP contribution in [-0.2, 0) is 9.53 Å². The summed E-state index contributed by atoms with van der Waals surface area (Å²) in [5.74, 6) is 0.622. The number of benzene rings is 3. The zero-order valence-electron chi connectivity index (χ0n) is 22.7. The predicted octanol–water partition coefficient (Wildman–Crippen LogP) is 5.40. The average Bonchev–Trinajstić information content (AvgIpc) is 3.26. The molecule has 0 aliphatic carbocycles. The van der Waals surface area contributed by atoms with Gasteiger partial charge in [-0.25, -0.2) is 9.79 Å². The van der Waals surface area contributed by atoms with Crippen LogP contribution in [0.25, 0.3) is 16.8 Å². The zero-order chi connectivity index (χ0) is 28.4. The molecule has 4 aromatic rings. The van der Waals surface area contributed by atoms with E-state index in [-0.39, 0.29) is 12.2 Å². The number of nitrogens with zero attached hydrogens (tertiary/aromatic N) is 2. The Morgan fingerprint density at radius 2 is 1.82 bits per heavy atom. The van der Waals surface area contributed by atoms with E-state index >= 15 is 0 Å². The van der Waals surface area contributed by atoms with Gasteiger partial charge in [0, 0.05) is 5.56 Å². The third kappa shape index (κ3) is 4.93. The van der Waals surface area contributed by atoms with Crippen molar-refractivity contribution in [1.29, 1.82) is 0 Å². The second-order valence-corrected chi connectivity index (χ2v) is 10.6. The van der Waals surface area contributed by atoms with Gasteiger partial charge >= 0.3 is 5.97 Å².